The lowest BCUT2D eigenvalue weighted by Gasteiger charge is -2.28. The number of thiophene rings is 1. The number of rotatable bonds is 10. The number of carbonyl (C=O) groups excluding carboxylic acids is 2. The lowest BCUT2D eigenvalue weighted by molar-refractivity contribution is -0.126. The maximum atomic E-state index is 12.7. The quantitative estimate of drug-likeness (QED) is 0.664. The van der Waals surface area contributed by atoms with Gasteiger partial charge in [0.05, 0.1) is 19.1 Å². The highest BCUT2D eigenvalue weighted by Crippen LogP contribution is 2.13. The Labute approximate surface area is 157 Å². The summed E-state index contributed by atoms with van der Waals surface area (Å²) in [5, 5.41) is 11.5. The fourth-order valence-corrected chi connectivity index (χ4v) is 3.31. The minimum absolute atomic E-state index is 0.0913. The van der Waals surface area contributed by atoms with Crippen molar-refractivity contribution < 1.29 is 14.1 Å². The summed E-state index contributed by atoms with van der Waals surface area (Å²) in [6, 6.07) is 5.22. The minimum atomic E-state index is -0.394. The molecule has 0 saturated carbocycles. The van der Waals surface area contributed by atoms with E-state index in [-0.39, 0.29) is 18.4 Å². The van der Waals surface area contributed by atoms with Crippen LogP contribution < -0.4 is 10.6 Å². The van der Waals surface area contributed by atoms with Crippen molar-refractivity contribution in [2.45, 2.75) is 46.2 Å². The molecule has 8 heteroatoms. The van der Waals surface area contributed by atoms with Gasteiger partial charge in [-0.1, -0.05) is 31.5 Å². The molecule has 0 radical (unpaired) electrons. The molecule has 0 saturated heterocycles. The zero-order valence-electron chi connectivity index (χ0n) is 15.4. The summed E-state index contributed by atoms with van der Waals surface area (Å²) in [5.41, 5.74) is 0. The molecular weight excluding hydrogens is 352 g/mol. The van der Waals surface area contributed by atoms with Crippen molar-refractivity contribution in [3.8, 4) is 0 Å². The summed E-state index contributed by atoms with van der Waals surface area (Å²) >= 11 is 1.60. The first-order valence-electron chi connectivity index (χ1n) is 8.80. The summed E-state index contributed by atoms with van der Waals surface area (Å²) in [5.74, 6) is 0.763. The van der Waals surface area contributed by atoms with Crippen LogP contribution in [0.1, 0.15) is 37.3 Å². The van der Waals surface area contributed by atoms with Crippen LogP contribution in [-0.4, -0.2) is 41.0 Å². The van der Waals surface area contributed by atoms with Crippen molar-refractivity contribution >= 4 is 29.0 Å². The number of aromatic nitrogens is 1. The summed E-state index contributed by atoms with van der Waals surface area (Å²) in [6.45, 7) is 7.02. The van der Waals surface area contributed by atoms with Crippen LogP contribution >= 0.6 is 11.3 Å². The van der Waals surface area contributed by atoms with Gasteiger partial charge in [-0.15, -0.1) is 11.3 Å². The number of amides is 2. The van der Waals surface area contributed by atoms with Gasteiger partial charge >= 0.3 is 0 Å². The number of nitrogens with zero attached hydrogens (tertiary/aromatic N) is 2. The molecule has 0 spiro atoms. The van der Waals surface area contributed by atoms with E-state index in [1.165, 1.54) is 0 Å². The molecule has 2 aromatic rings. The predicted molar refractivity (Wildman–Crippen MR) is 102 cm³/mol. The Morgan fingerprint density at radius 1 is 1.38 bits per heavy atom. The average molecular weight is 378 g/mol. The number of likely N-dealkylation sites (N-methyl/N-ethyl adjacent to an activating group) is 1. The molecule has 0 aliphatic carbocycles. The lowest BCUT2D eigenvalue weighted by atomic mass is 10.1. The number of nitrogens with one attached hydrogen (secondary N) is 2. The van der Waals surface area contributed by atoms with E-state index in [9.17, 15) is 9.59 Å². The van der Waals surface area contributed by atoms with Crippen molar-refractivity contribution in [1.82, 2.24) is 15.4 Å². The van der Waals surface area contributed by atoms with Gasteiger partial charge in [0.1, 0.15) is 5.76 Å². The van der Waals surface area contributed by atoms with Gasteiger partial charge in [-0.05, 0) is 31.3 Å². The number of hydrogen-bond donors (Lipinski definition) is 2. The van der Waals surface area contributed by atoms with E-state index in [0.717, 1.165) is 11.3 Å². The van der Waals surface area contributed by atoms with Crippen LogP contribution in [0.2, 0.25) is 0 Å². The van der Waals surface area contributed by atoms with Crippen LogP contribution in [-0.2, 0) is 16.1 Å². The first-order valence-corrected chi connectivity index (χ1v) is 9.68. The molecule has 2 heterocycles. The van der Waals surface area contributed by atoms with Crippen LogP contribution in [0.4, 0.5) is 5.82 Å². The molecule has 0 bridgehead atoms. The Bertz CT molecular complexity index is 699. The molecule has 0 aromatic carbocycles. The maximum absolute atomic E-state index is 12.7. The molecule has 1 atom stereocenters. The van der Waals surface area contributed by atoms with Crippen molar-refractivity contribution in [3.63, 3.8) is 0 Å². The zero-order chi connectivity index (χ0) is 18.9. The third kappa shape index (κ3) is 5.96. The van der Waals surface area contributed by atoms with Gasteiger partial charge in [-0.2, -0.15) is 0 Å². The highest BCUT2D eigenvalue weighted by Gasteiger charge is 2.26. The number of carbonyl (C=O) groups is 2. The Morgan fingerprint density at radius 2 is 2.19 bits per heavy atom. The largest absolute Gasteiger partial charge is 0.360 e. The topological polar surface area (TPSA) is 87.5 Å². The molecule has 0 aliphatic heterocycles. The van der Waals surface area contributed by atoms with E-state index in [2.05, 4.69) is 15.8 Å². The second kappa shape index (κ2) is 10.1. The molecule has 2 rings (SSSR count). The smallest absolute Gasteiger partial charge is 0.242 e. The predicted octanol–water partition coefficient (Wildman–Crippen LogP) is 2.79. The fraction of sp³-hybridized carbons (Fsp3) is 0.500. The van der Waals surface area contributed by atoms with Gasteiger partial charge in [-0.3, -0.25) is 14.5 Å². The van der Waals surface area contributed by atoms with Gasteiger partial charge < -0.3 is 15.2 Å². The number of aryl methyl sites for hydroxylation is 1. The Kier molecular flexibility index (Phi) is 7.80. The molecule has 26 heavy (non-hydrogen) atoms. The SMILES string of the molecule is CCC[C@H](C(=O)Nc1cc(C)on1)N(CC)CC(=O)NCc1cccs1. The molecule has 0 unspecified atom stereocenters. The monoisotopic (exact) mass is 378 g/mol. The van der Waals surface area contributed by atoms with Crippen LogP contribution in [0.3, 0.4) is 0 Å². The Balaban J connectivity index is 1.94. The molecule has 2 N–H and O–H groups in total. The van der Waals surface area contributed by atoms with Crippen LogP contribution in [0.15, 0.2) is 28.1 Å². The molecule has 2 aromatic heterocycles. The van der Waals surface area contributed by atoms with Crippen LogP contribution in [0, 0.1) is 6.92 Å². The molecule has 7 nitrogen and oxygen atoms in total. The molecule has 2 amide bonds. The normalized spacial score (nSPS) is 12.2. The number of hydrogen-bond acceptors (Lipinski definition) is 6. The average Bonchev–Trinajstić information content (AvgIpc) is 3.27. The summed E-state index contributed by atoms with van der Waals surface area (Å²) in [6.07, 6.45) is 1.50. The highest BCUT2D eigenvalue weighted by molar-refractivity contribution is 7.09. The second-order valence-corrected chi connectivity index (χ2v) is 7.07. The first-order chi connectivity index (χ1) is 12.5. The van der Waals surface area contributed by atoms with Crippen molar-refractivity contribution in [3.05, 3.63) is 34.2 Å². The molecular formula is C18H26N4O3S. The van der Waals surface area contributed by atoms with Gasteiger partial charge in [0.25, 0.3) is 0 Å². The Hall–Kier alpha value is -2.19. The third-order valence-corrected chi connectivity index (χ3v) is 4.85. The van der Waals surface area contributed by atoms with E-state index in [4.69, 9.17) is 4.52 Å². The van der Waals surface area contributed by atoms with Gasteiger partial charge in [0.15, 0.2) is 5.82 Å². The van der Waals surface area contributed by atoms with E-state index in [1.54, 1.807) is 24.3 Å². The lowest BCUT2D eigenvalue weighted by Crippen LogP contribution is -2.48. The van der Waals surface area contributed by atoms with Crippen molar-refractivity contribution in [2.75, 3.05) is 18.4 Å². The van der Waals surface area contributed by atoms with Crippen LogP contribution in [0.25, 0.3) is 0 Å². The van der Waals surface area contributed by atoms with Crippen molar-refractivity contribution in [1.29, 1.82) is 0 Å². The van der Waals surface area contributed by atoms with Crippen LogP contribution in [0.5, 0.6) is 0 Å². The number of anilines is 1. The van der Waals surface area contributed by atoms with E-state index >= 15 is 0 Å². The van der Waals surface area contributed by atoms with Gasteiger partial charge in [-0.25, -0.2) is 0 Å². The highest BCUT2D eigenvalue weighted by atomic mass is 32.1. The minimum Gasteiger partial charge on any atom is -0.360 e. The second-order valence-electron chi connectivity index (χ2n) is 6.04. The van der Waals surface area contributed by atoms with E-state index in [0.29, 0.717) is 31.1 Å². The van der Waals surface area contributed by atoms with E-state index < -0.39 is 6.04 Å². The molecule has 142 valence electrons. The Morgan fingerprint density at radius 3 is 2.77 bits per heavy atom. The summed E-state index contributed by atoms with van der Waals surface area (Å²) in [7, 11) is 0. The summed E-state index contributed by atoms with van der Waals surface area (Å²) in [4.78, 5) is 28.0. The third-order valence-electron chi connectivity index (χ3n) is 3.98. The fourth-order valence-electron chi connectivity index (χ4n) is 2.67. The standard InChI is InChI=1S/C18H26N4O3S/c1-4-7-15(18(24)20-16-10-13(3)25-21-16)22(5-2)12-17(23)19-11-14-8-6-9-26-14/h6,8-10,15H,4-5,7,11-12H2,1-3H3,(H,19,23)(H,20,21,24)/t15-/m1/s1. The van der Waals surface area contributed by atoms with Gasteiger partial charge in [0, 0.05) is 10.9 Å². The zero-order valence-corrected chi connectivity index (χ0v) is 16.3. The first kappa shape index (κ1) is 20.1. The molecule has 0 fully saturated rings. The van der Waals surface area contributed by atoms with Crippen molar-refractivity contribution in [2.24, 2.45) is 0 Å². The van der Waals surface area contributed by atoms with Gasteiger partial charge in [0.2, 0.25) is 11.8 Å². The molecule has 0 aliphatic rings. The maximum Gasteiger partial charge on any atom is 0.242 e. The van der Waals surface area contributed by atoms with E-state index in [1.807, 2.05) is 36.3 Å². The summed E-state index contributed by atoms with van der Waals surface area (Å²) < 4.78 is 4.98.